The lowest BCUT2D eigenvalue weighted by atomic mass is 9.90. The first-order valence-corrected chi connectivity index (χ1v) is 12.5. The molecule has 2 N–H and O–H groups in total. The lowest BCUT2D eigenvalue weighted by Gasteiger charge is -2.42. The van der Waals surface area contributed by atoms with Crippen molar-refractivity contribution >= 4 is 0 Å². The third-order valence-electron chi connectivity index (χ3n) is 6.59. The molecule has 2 heterocycles. The Kier molecular flexibility index (Phi) is 8.46. The molecule has 1 aliphatic heterocycles. The highest BCUT2D eigenvalue weighted by Gasteiger charge is 2.42. The minimum atomic E-state index is -1.33. The van der Waals surface area contributed by atoms with Crippen LogP contribution in [0.1, 0.15) is 29.5 Å². The number of ether oxygens (including phenoxy) is 2. The number of benzene rings is 2. The second-order valence-electron chi connectivity index (χ2n) is 9.81. The normalized spacial score (nSPS) is 20.3. The summed E-state index contributed by atoms with van der Waals surface area (Å²) in [6.45, 7) is 6.84. The summed E-state index contributed by atoms with van der Waals surface area (Å²) in [7, 11) is 0. The molecule has 1 aliphatic rings. The number of aliphatic hydroxyl groups excluding tert-OH is 1. The third kappa shape index (κ3) is 6.97. The van der Waals surface area contributed by atoms with E-state index in [0.29, 0.717) is 45.0 Å². The molecule has 0 unspecified atom stereocenters. The van der Waals surface area contributed by atoms with Gasteiger partial charge in [-0.2, -0.15) is 0 Å². The zero-order chi connectivity index (χ0) is 25.5. The van der Waals surface area contributed by atoms with Gasteiger partial charge in [0.05, 0.1) is 12.7 Å². The van der Waals surface area contributed by atoms with Gasteiger partial charge in [-0.25, -0.2) is 0 Å². The first-order chi connectivity index (χ1) is 17.3. The predicted octanol–water partition coefficient (Wildman–Crippen LogP) is 3.31. The topological polar surface area (TPSA) is 84.2 Å². The van der Waals surface area contributed by atoms with Crippen molar-refractivity contribution < 1.29 is 19.7 Å². The molecule has 1 saturated heterocycles. The molecule has 192 valence electrons. The predicted molar refractivity (Wildman–Crippen MR) is 140 cm³/mol. The van der Waals surface area contributed by atoms with E-state index in [2.05, 4.69) is 4.90 Å². The first-order valence-electron chi connectivity index (χ1n) is 12.5. The Morgan fingerprint density at radius 3 is 2.58 bits per heavy atom. The van der Waals surface area contributed by atoms with Gasteiger partial charge in [0.2, 0.25) is 0 Å². The second kappa shape index (κ2) is 11.7. The molecule has 1 fully saturated rings. The molecule has 0 bridgehead atoms. The minimum Gasteiger partial charge on any atom is -0.494 e. The molecule has 0 radical (unpaired) electrons. The fraction of sp³-hybridized carbons (Fsp3) is 0.414. The Bertz CT molecular complexity index is 1190. The van der Waals surface area contributed by atoms with Crippen molar-refractivity contribution in [1.29, 1.82) is 0 Å². The highest BCUT2D eigenvalue weighted by Crippen LogP contribution is 2.25. The van der Waals surface area contributed by atoms with Gasteiger partial charge < -0.3 is 24.3 Å². The number of likely N-dealkylation sites (tertiary alicyclic amines) is 1. The zero-order valence-corrected chi connectivity index (χ0v) is 21.1. The van der Waals surface area contributed by atoms with Gasteiger partial charge in [-0.3, -0.25) is 9.69 Å². The van der Waals surface area contributed by atoms with Crippen LogP contribution in [0.25, 0.3) is 0 Å². The number of pyridine rings is 1. The van der Waals surface area contributed by atoms with Crippen molar-refractivity contribution in [2.24, 2.45) is 0 Å². The first kappa shape index (κ1) is 25.9. The van der Waals surface area contributed by atoms with E-state index >= 15 is 0 Å². The fourth-order valence-corrected chi connectivity index (χ4v) is 4.54. The highest BCUT2D eigenvalue weighted by molar-refractivity contribution is 5.28. The van der Waals surface area contributed by atoms with E-state index in [9.17, 15) is 15.0 Å². The molecule has 1 aromatic heterocycles. The summed E-state index contributed by atoms with van der Waals surface area (Å²) in [6.07, 6.45) is 2.26. The van der Waals surface area contributed by atoms with E-state index in [1.54, 1.807) is 10.6 Å². The summed E-state index contributed by atoms with van der Waals surface area (Å²) < 4.78 is 13.4. The van der Waals surface area contributed by atoms with Crippen molar-refractivity contribution in [1.82, 2.24) is 9.47 Å². The number of aliphatic hydroxyl groups is 2. The van der Waals surface area contributed by atoms with E-state index in [1.165, 1.54) is 0 Å². The largest absolute Gasteiger partial charge is 0.494 e. The number of β-amino-alcohol motifs (C(OH)–C–C–N with tert-alkyl or cyclic N) is 1. The molecule has 36 heavy (non-hydrogen) atoms. The van der Waals surface area contributed by atoms with Crippen LogP contribution < -0.4 is 15.0 Å². The molecule has 7 nitrogen and oxygen atoms in total. The van der Waals surface area contributed by atoms with Gasteiger partial charge in [-0.05, 0) is 67.6 Å². The second-order valence-corrected chi connectivity index (χ2v) is 9.81. The number of aromatic nitrogens is 1. The van der Waals surface area contributed by atoms with Crippen LogP contribution in [0.2, 0.25) is 0 Å². The average Bonchev–Trinajstić information content (AvgIpc) is 2.86. The number of hydrogen-bond donors (Lipinski definition) is 2. The van der Waals surface area contributed by atoms with Crippen LogP contribution in [0, 0.1) is 13.8 Å². The summed E-state index contributed by atoms with van der Waals surface area (Å²) in [6, 6.07) is 19.0. The standard InChI is InChI=1S/C29H36N2O5/c1-22-5-3-6-26(17-22)36-21-29(34)20-30(15-13-27(29)32)19-24-8-10-25(11-9-24)35-16-4-14-31-18-23(2)7-12-28(31)33/h3,5-12,17-18,27,32,34H,4,13-16,19-21H2,1-2H3/t27-,29-/m0/s1. The molecular formula is C29H36N2O5. The third-order valence-corrected chi connectivity index (χ3v) is 6.59. The van der Waals surface area contributed by atoms with Gasteiger partial charge in [0, 0.05) is 38.4 Å². The molecule has 4 rings (SSSR count). The van der Waals surface area contributed by atoms with Crippen LogP contribution in [0.5, 0.6) is 11.5 Å². The molecule has 7 heteroatoms. The van der Waals surface area contributed by atoms with Crippen molar-refractivity contribution in [2.45, 2.75) is 51.5 Å². The van der Waals surface area contributed by atoms with E-state index in [-0.39, 0.29) is 12.2 Å². The summed E-state index contributed by atoms with van der Waals surface area (Å²) in [5.74, 6) is 1.47. The smallest absolute Gasteiger partial charge is 0.250 e. The Hall–Kier alpha value is -3.13. The highest BCUT2D eigenvalue weighted by atomic mass is 16.5. The van der Waals surface area contributed by atoms with Crippen molar-refractivity contribution in [3.8, 4) is 11.5 Å². The molecule has 0 saturated carbocycles. The van der Waals surface area contributed by atoms with Gasteiger partial charge in [0.25, 0.3) is 5.56 Å². The Labute approximate surface area is 212 Å². The van der Waals surface area contributed by atoms with Crippen molar-refractivity contribution in [3.63, 3.8) is 0 Å². The van der Waals surface area contributed by atoms with Gasteiger partial charge in [-0.1, -0.05) is 30.3 Å². The van der Waals surface area contributed by atoms with Crippen LogP contribution in [0.3, 0.4) is 0 Å². The number of nitrogens with zero attached hydrogens (tertiary/aromatic N) is 2. The maximum Gasteiger partial charge on any atom is 0.250 e. The molecular weight excluding hydrogens is 456 g/mol. The lowest BCUT2D eigenvalue weighted by molar-refractivity contribution is -0.140. The molecule has 0 amide bonds. The van der Waals surface area contributed by atoms with Crippen LogP contribution in [-0.4, -0.2) is 57.7 Å². The Balaban J connectivity index is 1.25. The van der Waals surface area contributed by atoms with Gasteiger partial charge in [-0.15, -0.1) is 0 Å². The quantitative estimate of drug-likeness (QED) is 0.423. The summed E-state index contributed by atoms with van der Waals surface area (Å²) in [4.78, 5) is 14.0. The maximum atomic E-state index is 11.9. The number of hydrogen-bond acceptors (Lipinski definition) is 6. The summed E-state index contributed by atoms with van der Waals surface area (Å²) in [5.41, 5.74) is 1.92. The number of rotatable bonds is 10. The number of aryl methyl sites for hydroxylation is 3. The maximum absolute atomic E-state index is 11.9. The number of piperidine rings is 1. The Morgan fingerprint density at radius 2 is 1.81 bits per heavy atom. The summed E-state index contributed by atoms with van der Waals surface area (Å²) in [5, 5.41) is 21.6. The lowest BCUT2D eigenvalue weighted by Crippen LogP contribution is -2.59. The zero-order valence-electron chi connectivity index (χ0n) is 21.1. The molecule has 2 atom stereocenters. The fourth-order valence-electron chi connectivity index (χ4n) is 4.54. The van der Waals surface area contributed by atoms with Crippen molar-refractivity contribution in [3.05, 3.63) is 93.9 Å². The monoisotopic (exact) mass is 492 g/mol. The minimum absolute atomic E-state index is 0.00353. The van der Waals surface area contributed by atoms with Crippen molar-refractivity contribution in [2.75, 3.05) is 26.3 Å². The van der Waals surface area contributed by atoms with E-state index in [0.717, 1.165) is 28.9 Å². The van der Waals surface area contributed by atoms with Crippen LogP contribution in [0.4, 0.5) is 0 Å². The molecule has 3 aromatic rings. The van der Waals surface area contributed by atoms with Crippen LogP contribution in [-0.2, 0) is 13.1 Å². The van der Waals surface area contributed by atoms with Gasteiger partial charge >= 0.3 is 0 Å². The molecule has 0 spiro atoms. The molecule has 0 aliphatic carbocycles. The molecule has 2 aromatic carbocycles. The SMILES string of the molecule is Cc1cccc(OC[C@@]2(O)CN(Cc3ccc(OCCCn4cc(C)ccc4=O)cc3)CC[C@@H]2O)c1. The average molecular weight is 493 g/mol. The van der Waals surface area contributed by atoms with Crippen LogP contribution >= 0.6 is 0 Å². The summed E-state index contributed by atoms with van der Waals surface area (Å²) >= 11 is 0. The van der Waals surface area contributed by atoms with Gasteiger partial charge in [0.1, 0.15) is 23.7 Å². The van der Waals surface area contributed by atoms with Gasteiger partial charge in [0.15, 0.2) is 0 Å². The van der Waals surface area contributed by atoms with E-state index in [4.69, 9.17) is 9.47 Å². The van der Waals surface area contributed by atoms with Crippen LogP contribution in [0.15, 0.2) is 71.7 Å². The van der Waals surface area contributed by atoms with E-state index < -0.39 is 11.7 Å². The Morgan fingerprint density at radius 1 is 1.00 bits per heavy atom. The van der Waals surface area contributed by atoms with E-state index in [1.807, 2.05) is 74.6 Å².